The molecule has 0 bridgehead atoms. The normalized spacial score (nSPS) is 21.4. The molecule has 0 saturated carbocycles. The van der Waals surface area contributed by atoms with Crippen molar-refractivity contribution in [2.24, 2.45) is 0 Å². The number of piperidine rings is 1. The van der Waals surface area contributed by atoms with Gasteiger partial charge in [0.1, 0.15) is 0 Å². The Morgan fingerprint density at radius 3 is 2.80 bits per heavy atom. The maximum Gasteiger partial charge on any atom is 0.317 e. The molecule has 0 aromatic heterocycles. The van der Waals surface area contributed by atoms with Crippen molar-refractivity contribution in [3.05, 3.63) is 0 Å². The first-order chi connectivity index (χ1) is 7.11. The van der Waals surface area contributed by atoms with Crippen molar-refractivity contribution < 1.29 is 14.7 Å². The first kappa shape index (κ1) is 12.0. The Morgan fingerprint density at radius 2 is 2.20 bits per heavy atom. The zero-order valence-electron chi connectivity index (χ0n) is 9.03. The van der Waals surface area contributed by atoms with Crippen molar-refractivity contribution in [1.82, 2.24) is 10.2 Å². The number of carbonyl (C=O) groups excluding carboxylic acids is 1. The summed E-state index contributed by atoms with van der Waals surface area (Å²) in [5.41, 5.74) is 0. The lowest BCUT2D eigenvalue weighted by Crippen LogP contribution is -2.48. The lowest BCUT2D eigenvalue weighted by atomic mass is 10.0. The summed E-state index contributed by atoms with van der Waals surface area (Å²) < 4.78 is 0. The van der Waals surface area contributed by atoms with Gasteiger partial charge >= 0.3 is 5.97 Å². The Bertz CT molecular complexity index is 243. The topological polar surface area (TPSA) is 69.6 Å². The zero-order chi connectivity index (χ0) is 11.3. The summed E-state index contributed by atoms with van der Waals surface area (Å²) in [7, 11) is 0. The van der Waals surface area contributed by atoms with Crippen LogP contribution in [-0.2, 0) is 9.59 Å². The number of carboxylic acid groups (broad SMARTS) is 1. The molecule has 0 spiro atoms. The minimum absolute atomic E-state index is 0.0394. The maximum absolute atomic E-state index is 11.3. The number of hydrogen-bond acceptors (Lipinski definition) is 3. The summed E-state index contributed by atoms with van der Waals surface area (Å²) >= 11 is 0. The molecular weight excluding hydrogens is 196 g/mol. The van der Waals surface area contributed by atoms with E-state index in [0.717, 1.165) is 25.8 Å². The molecular formula is C10H18N2O3. The molecule has 1 aliphatic rings. The van der Waals surface area contributed by atoms with E-state index >= 15 is 0 Å². The number of nitrogens with one attached hydrogen (secondary N) is 1. The number of likely N-dealkylation sites (tertiary alicyclic amines) is 1. The summed E-state index contributed by atoms with van der Waals surface area (Å²) in [6, 6.07) is 0.163. The molecule has 1 amide bonds. The number of hydrogen-bond donors (Lipinski definition) is 2. The average Bonchev–Trinajstić information content (AvgIpc) is 2.17. The third-order valence-corrected chi connectivity index (χ3v) is 2.69. The molecule has 1 rings (SSSR count). The van der Waals surface area contributed by atoms with Gasteiger partial charge in [-0.25, -0.2) is 0 Å². The van der Waals surface area contributed by atoms with Crippen molar-refractivity contribution in [1.29, 1.82) is 0 Å². The minimum Gasteiger partial charge on any atom is -0.480 e. The van der Waals surface area contributed by atoms with Crippen LogP contribution in [-0.4, -0.2) is 47.6 Å². The molecule has 15 heavy (non-hydrogen) atoms. The quantitative estimate of drug-likeness (QED) is 0.694. The summed E-state index contributed by atoms with van der Waals surface area (Å²) in [6.45, 7) is 2.90. The van der Waals surface area contributed by atoms with Gasteiger partial charge in [0.05, 0.1) is 6.54 Å². The molecule has 0 radical (unpaired) electrons. The van der Waals surface area contributed by atoms with Gasteiger partial charge in [-0.2, -0.15) is 0 Å². The Hall–Kier alpha value is -1.10. The number of carboxylic acids is 1. The van der Waals surface area contributed by atoms with Crippen LogP contribution in [0.15, 0.2) is 0 Å². The lowest BCUT2D eigenvalue weighted by Gasteiger charge is -2.35. The van der Waals surface area contributed by atoms with Gasteiger partial charge in [0.25, 0.3) is 0 Å². The largest absolute Gasteiger partial charge is 0.480 e. The van der Waals surface area contributed by atoms with Gasteiger partial charge in [0.2, 0.25) is 5.91 Å². The number of aliphatic carboxylic acids is 1. The van der Waals surface area contributed by atoms with Crippen molar-refractivity contribution in [3.8, 4) is 0 Å². The highest BCUT2D eigenvalue weighted by Gasteiger charge is 2.23. The second-order valence-electron chi connectivity index (χ2n) is 3.89. The molecule has 86 valence electrons. The monoisotopic (exact) mass is 214 g/mol. The van der Waals surface area contributed by atoms with Crippen LogP contribution in [0.1, 0.15) is 26.2 Å². The van der Waals surface area contributed by atoms with Crippen LogP contribution in [0.25, 0.3) is 0 Å². The lowest BCUT2D eigenvalue weighted by molar-refractivity contribution is -0.136. The van der Waals surface area contributed by atoms with E-state index in [1.165, 1.54) is 0 Å². The maximum atomic E-state index is 11.3. The van der Waals surface area contributed by atoms with Crippen LogP contribution >= 0.6 is 0 Å². The Kier molecular flexibility index (Phi) is 4.55. The summed E-state index contributed by atoms with van der Waals surface area (Å²) in [5.74, 6) is -0.781. The van der Waals surface area contributed by atoms with Gasteiger partial charge in [-0.05, 0) is 19.3 Å². The van der Waals surface area contributed by atoms with E-state index in [-0.39, 0.29) is 18.5 Å². The van der Waals surface area contributed by atoms with Gasteiger partial charge in [0.15, 0.2) is 0 Å². The molecule has 5 heteroatoms. The number of rotatable bonds is 4. The standard InChI is InChI=1S/C10H18N2O3/c1-8(13)12-5-3-2-4-9(12)6-11-7-10(14)15/h9,11H,2-7H2,1H3,(H,14,15). The molecule has 5 nitrogen and oxygen atoms in total. The van der Waals surface area contributed by atoms with Crippen molar-refractivity contribution in [3.63, 3.8) is 0 Å². The van der Waals surface area contributed by atoms with Crippen LogP contribution in [0.5, 0.6) is 0 Å². The highest BCUT2D eigenvalue weighted by atomic mass is 16.4. The van der Waals surface area contributed by atoms with E-state index in [4.69, 9.17) is 5.11 Å². The van der Waals surface area contributed by atoms with Crippen LogP contribution < -0.4 is 5.32 Å². The van der Waals surface area contributed by atoms with E-state index < -0.39 is 5.97 Å². The molecule has 1 heterocycles. The Balaban J connectivity index is 2.36. The van der Waals surface area contributed by atoms with Gasteiger partial charge in [-0.15, -0.1) is 0 Å². The fraction of sp³-hybridized carbons (Fsp3) is 0.800. The van der Waals surface area contributed by atoms with Crippen LogP contribution in [0.3, 0.4) is 0 Å². The predicted molar refractivity (Wildman–Crippen MR) is 55.5 cm³/mol. The van der Waals surface area contributed by atoms with E-state index in [0.29, 0.717) is 6.54 Å². The summed E-state index contributed by atoms with van der Waals surface area (Å²) in [5, 5.41) is 11.3. The van der Waals surface area contributed by atoms with E-state index in [9.17, 15) is 9.59 Å². The predicted octanol–water partition coefficient (Wildman–Crippen LogP) is 0.0616. The second-order valence-corrected chi connectivity index (χ2v) is 3.89. The highest BCUT2D eigenvalue weighted by Crippen LogP contribution is 2.16. The highest BCUT2D eigenvalue weighted by molar-refractivity contribution is 5.73. The summed E-state index contributed by atoms with van der Waals surface area (Å²) in [6.07, 6.45) is 3.13. The van der Waals surface area contributed by atoms with Gasteiger partial charge in [-0.3, -0.25) is 9.59 Å². The molecule has 1 aliphatic heterocycles. The van der Waals surface area contributed by atoms with Gasteiger partial charge in [-0.1, -0.05) is 0 Å². The first-order valence-corrected chi connectivity index (χ1v) is 5.31. The van der Waals surface area contributed by atoms with E-state index in [2.05, 4.69) is 5.32 Å². The van der Waals surface area contributed by atoms with E-state index in [1.807, 2.05) is 4.90 Å². The number of carbonyl (C=O) groups is 2. The molecule has 0 aromatic carbocycles. The van der Waals surface area contributed by atoms with Gasteiger partial charge in [0, 0.05) is 26.1 Å². The first-order valence-electron chi connectivity index (χ1n) is 5.31. The van der Waals surface area contributed by atoms with Crippen molar-refractivity contribution >= 4 is 11.9 Å². The Morgan fingerprint density at radius 1 is 1.47 bits per heavy atom. The van der Waals surface area contributed by atoms with Crippen molar-refractivity contribution in [2.75, 3.05) is 19.6 Å². The SMILES string of the molecule is CC(=O)N1CCCCC1CNCC(=O)O. The zero-order valence-corrected chi connectivity index (χ0v) is 9.03. The number of nitrogens with zero attached hydrogens (tertiary/aromatic N) is 1. The molecule has 1 atom stereocenters. The van der Waals surface area contributed by atoms with Crippen LogP contribution in [0, 0.1) is 0 Å². The summed E-state index contributed by atoms with van der Waals surface area (Å²) in [4.78, 5) is 23.4. The third-order valence-electron chi connectivity index (χ3n) is 2.69. The van der Waals surface area contributed by atoms with Gasteiger partial charge < -0.3 is 15.3 Å². The molecule has 2 N–H and O–H groups in total. The van der Waals surface area contributed by atoms with Crippen LogP contribution in [0.4, 0.5) is 0 Å². The molecule has 1 fully saturated rings. The third kappa shape index (κ3) is 3.87. The molecule has 1 unspecified atom stereocenters. The molecule has 0 aliphatic carbocycles. The molecule has 1 saturated heterocycles. The fourth-order valence-corrected chi connectivity index (χ4v) is 1.97. The van der Waals surface area contributed by atoms with Crippen molar-refractivity contribution in [2.45, 2.75) is 32.2 Å². The average molecular weight is 214 g/mol. The smallest absolute Gasteiger partial charge is 0.317 e. The van der Waals surface area contributed by atoms with E-state index in [1.54, 1.807) is 6.92 Å². The second kappa shape index (κ2) is 5.70. The van der Waals surface area contributed by atoms with Crippen LogP contribution in [0.2, 0.25) is 0 Å². The Labute approximate surface area is 89.4 Å². The fourth-order valence-electron chi connectivity index (χ4n) is 1.97. The number of amides is 1. The minimum atomic E-state index is -0.861. The molecule has 0 aromatic rings.